The number of hydrogen-bond acceptors (Lipinski definition) is 6. The van der Waals surface area contributed by atoms with Gasteiger partial charge in [0.15, 0.2) is 6.29 Å². The minimum absolute atomic E-state index is 0.0510. The van der Waals surface area contributed by atoms with E-state index >= 15 is 0 Å². The van der Waals surface area contributed by atoms with E-state index in [1.165, 1.54) is 25.4 Å². The van der Waals surface area contributed by atoms with E-state index in [-0.39, 0.29) is 11.4 Å². The molecule has 1 atom stereocenters. The molecule has 1 N–H and O–H groups in total. The quantitative estimate of drug-likeness (QED) is 0.710. The predicted octanol–water partition coefficient (Wildman–Crippen LogP) is 2.24. The van der Waals surface area contributed by atoms with Gasteiger partial charge < -0.3 is 4.74 Å². The van der Waals surface area contributed by atoms with Crippen molar-refractivity contribution in [3.05, 3.63) is 59.9 Å². The number of hydroxylamine groups is 1. The molecule has 1 saturated heterocycles. The molecule has 150 valence electrons. The van der Waals surface area contributed by atoms with Crippen LogP contribution in [0.5, 0.6) is 0 Å². The van der Waals surface area contributed by atoms with Gasteiger partial charge in [-0.1, -0.05) is 30.3 Å². The normalized spacial score (nSPS) is 17.1. The Morgan fingerprint density at radius 1 is 1.29 bits per heavy atom. The topological polar surface area (TPSA) is 97.8 Å². The van der Waals surface area contributed by atoms with Crippen LogP contribution in [0.3, 0.4) is 0 Å². The number of aromatic nitrogens is 1. The van der Waals surface area contributed by atoms with Crippen molar-refractivity contribution in [1.82, 2.24) is 10.5 Å². The second-order valence-corrected chi connectivity index (χ2v) is 8.45. The Kier molecular flexibility index (Phi) is 6.61. The van der Waals surface area contributed by atoms with Crippen LogP contribution in [0.2, 0.25) is 0 Å². The number of carbonyl (C=O) groups excluding carboxylic acids is 1. The molecular formula is C19H23N3O5S. The van der Waals surface area contributed by atoms with Gasteiger partial charge in [-0.25, -0.2) is 18.7 Å². The van der Waals surface area contributed by atoms with Crippen molar-refractivity contribution < 1.29 is 22.8 Å². The Morgan fingerprint density at radius 2 is 2.07 bits per heavy atom. The average molecular weight is 405 g/mol. The minimum Gasteiger partial charge on any atom is -0.350 e. The van der Waals surface area contributed by atoms with Crippen LogP contribution < -0.4 is 9.79 Å². The van der Waals surface area contributed by atoms with Gasteiger partial charge in [-0.2, -0.15) is 0 Å². The first kappa shape index (κ1) is 20.2. The molecule has 1 aromatic carbocycles. The Bertz CT molecular complexity index is 899. The monoisotopic (exact) mass is 405 g/mol. The third-order valence-corrected chi connectivity index (χ3v) is 6.11. The molecule has 2 heterocycles. The van der Waals surface area contributed by atoms with Crippen molar-refractivity contribution in [3.8, 4) is 0 Å². The zero-order valence-corrected chi connectivity index (χ0v) is 16.4. The molecule has 1 aromatic heterocycles. The van der Waals surface area contributed by atoms with Crippen molar-refractivity contribution >= 4 is 21.6 Å². The maximum atomic E-state index is 12.7. The summed E-state index contributed by atoms with van der Waals surface area (Å²) in [5.74, 6) is -0.707. The number of amides is 1. The summed E-state index contributed by atoms with van der Waals surface area (Å²) in [5.41, 5.74) is 3.39. The molecule has 0 saturated carbocycles. The fraction of sp³-hybridized carbons (Fsp3) is 0.368. The summed E-state index contributed by atoms with van der Waals surface area (Å²) in [6.07, 6.45) is 3.55. The van der Waals surface area contributed by atoms with E-state index in [1.54, 1.807) is 24.3 Å². The predicted molar refractivity (Wildman–Crippen MR) is 104 cm³/mol. The molecule has 9 heteroatoms. The van der Waals surface area contributed by atoms with Crippen LogP contribution in [0.4, 0.5) is 5.69 Å². The maximum Gasteiger partial charge on any atom is 0.293 e. The summed E-state index contributed by atoms with van der Waals surface area (Å²) < 4.78 is 31.9. The second kappa shape index (κ2) is 9.13. The van der Waals surface area contributed by atoms with E-state index in [1.807, 2.05) is 6.07 Å². The van der Waals surface area contributed by atoms with E-state index in [4.69, 9.17) is 9.57 Å². The van der Waals surface area contributed by atoms with Crippen molar-refractivity contribution in [2.75, 3.05) is 18.0 Å². The van der Waals surface area contributed by atoms with E-state index in [9.17, 15) is 13.2 Å². The van der Waals surface area contributed by atoms with Gasteiger partial charge in [0.2, 0.25) is 10.0 Å². The summed E-state index contributed by atoms with van der Waals surface area (Å²) in [4.78, 5) is 21.5. The standard InChI is InChI=1S/C19H23N3O5S/c1-22(28(24,25)14-15-7-3-2-4-8-15)16-10-11-20-17(13-16)19(23)21-27-18-9-5-6-12-26-18/h2-4,7-8,10-11,13,18H,5-6,9,12,14H2,1H3,(H,21,23). The zero-order valence-electron chi connectivity index (χ0n) is 15.6. The fourth-order valence-electron chi connectivity index (χ4n) is 2.76. The summed E-state index contributed by atoms with van der Waals surface area (Å²) in [6.45, 7) is 0.596. The maximum absolute atomic E-state index is 12.7. The highest BCUT2D eigenvalue weighted by Gasteiger charge is 2.21. The Balaban J connectivity index is 1.66. The van der Waals surface area contributed by atoms with E-state index in [0.29, 0.717) is 24.3 Å². The van der Waals surface area contributed by atoms with Gasteiger partial charge in [-0.05, 0) is 30.5 Å². The SMILES string of the molecule is CN(c1ccnc(C(=O)NOC2CCCCO2)c1)S(=O)(=O)Cc1ccccc1. The number of sulfonamides is 1. The largest absolute Gasteiger partial charge is 0.350 e. The molecule has 1 unspecified atom stereocenters. The number of pyridine rings is 1. The smallest absolute Gasteiger partial charge is 0.293 e. The number of hydrogen-bond donors (Lipinski definition) is 1. The first-order chi connectivity index (χ1) is 13.5. The molecule has 1 amide bonds. The highest BCUT2D eigenvalue weighted by Crippen LogP contribution is 2.20. The van der Waals surface area contributed by atoms with Crippen LogP contribution in [0.1, 0.15) is 35.3 Å². The minimum atomic E-state index is -3.62. The van der Waals surface area contributed by atoms with Gasteiger partial charge in [0, 0.05) is 26.3 Å². The highest BCUT2D eigenvalue weighted by molar-refractivity contribution is 7.92. The number of ether oxygens (including phenoxy) is 1. The Labute approximate surface area is 164 Å². The third-order valence-electron chi connectivity index (χ3n) is 4.37. The van der Waals surface area contributed by atoms with Gasteiger partial charge in [0.1, 0.15) is 5.69 Å². The van der Waals surface area contributed by atoms with Crippen molar-refractivity contribution in [1.29, 1.82) is 0 Å². The number of carbonyl (C=O) groups is 1. The highest BCUT2D eigenvalue weighted by atomic mass is 32.2. The number of anilines is 1. The number of nitrogens with zero attached hydrogens (tertiary/aromatic N) is 2. The van der Waals surface area contributed by atoms with Crippen LogP contribution >= 0.6 is 0 Å². The lowest BCUT2D eigenvalue weighted by molar-refractivity contribution is -0.186. The zero-order chi connectivity index (χ0) is 20.0. The van der Waals surface area contributed by atoms with Gasteiger partial charge in [0.05, 0.1) is 11.4 Å². The van der Waals surface area contributed by atoms with Gasteiger partial charge in [0.25, 0.3) is 5.91 Å². The fourth-order valence-corrected chi connectivity index (χ4v) is 4.00. The van der Waals surface area contributed by atoms with Gasteiger partial charge in [-0.15, -0.1) is 0 Å². The molecule has 8 nitrogen and oxygen atoms in total. The second-order valence-electron chi connectivity index (χ2n) is 6.45. The van der Waals surface area contributed by atoms with Crippen LogP contribution in [0, 0.1) is 0 Å². The van der Waals surface area contributed by atoms with E-state index < -0.39 is 22.2 Å². The molecule has 2 aromatic rings. The summed E-state index contributed by atoms with van der Waals surface area (Å²) in [7, 11) is -2.17. The molecule has 3 rings (SSSR count). The summed E-state index contributed by atoms with van der Waals surface area (Å²) in [5, 5.41) is 0. The number of benzene rings is 1. The Hall–Kier alpha value is -2.49. The molecule has 1 aliphatic rings. The first-order valence-corrected chi connectivity index (χ1v) is 10.6. The summed E-state index contributed by atoms with van der Waals surface area (Å²) in [6, 6.07) is 11.8. The lowest BCUT2D eigenvalue weighted by Gasteiger charge is -2.22. The molecule has 0 spiro atoms. The van der Waals surface area contributed by atoms with Crippen LogP contribution in [-0.4, -0.2) is 39.3 Å². The first-order valence-electron chi connectivity index (χ1n) is 9.00. The van der Waals surface area contributed by atoms with Gasteiger partial charge >= 0.3 is 0 Å². The van der Waals surface area contributed by atoms with Crippen LogP contribution in [0.15, 0.2) is 48.7 Å². The molecule has 1 aliphatic heterocycles. The number of rotatable bonds is 7. The average Bonchev–Trinajstić information content (AvgIpc) is 2.72. The molecule has 0 bridgehead atoms. The molecule has 0 radical (unpaired) electrons. The van der Waals surface area contributed by atoms with Crippen molar-refractivity contribution in [2.24, 2.45) is 0 Å². The van der Waals surface area contributed by atoms with E-state index in [0.717, 1.165) is 17.1 Å². The lowest BCUT2D eigenvalue weighted by Crippen LogP contribution is -2.33. The third kappa shape index (κ3) is 5.28. The van der Waals surface area contributed by atoms with Crippen LogP contribution in [0.25, 0.3) is 0 Å². The van der Waals surface area contributed by atoms with Crippen LogP contribution in [-0.2, 0) is 25.4 Å². The van der Waals surface area contributed by atoms with Crippen molar-refractivity contribution in [2.45, 2.75) is 31.3 Å². The number of nitrogens with one attached hydrogen (secondary N) is 1. The molecule has 1 fully saturated rings. The lowest BCUT2D eigenvalue weighted by atomic mass is 10.2. The van der Waals surface area contributed by atoms with E-state index in [2.05, 4.69) is 10.5 Å². The Morgan fingerprint density at radius 3 is 2.79 bits per heavy atom. The summed E-state index contributed by atoms with van der Waals surface area (Å²) >= 11 is 0. The van der Waals surface area contributed by atoms with Gasteiger partial charge in [-0.3, -0.25) is 14.1 Å². The molecular weight excluding hydrogens is 382 g/mol. The van der Waals surface area contributed by atoms with Crippen molar-refractivity contribution in [3.63, 3.8) is 0 Å². The molecule has 0 aliphatic carbocycles. The molecule has 28 heavy (non-hydrogen) atoms.